The number of benzene rings is 2. The lowest BCUT2D eigenvalue weighted by atomic mass is 10.0. The summed E-state index contributed by atoms with van der Waals surface area (Å²) in [5, 5.41) is 3.74. The van der Waals surface area contributed by atoms with Crippen LogP contribution in [0.25, 0.3) is 11.0 Å². The highest BCUT2D eigenvalue weighted by molar-refractivity contribution is 5.87. The Morgan fingerprint density at radius 2 is 1.86 bits per heavy atom. The standard InChI is InChI=1S/C23H25NO4/c1-14-5-8-20-19(12-27-21(20)9-14)11-23(26)28-13-22(25)24-17(4)18-7-6-15(2)16(3)10-18/h5-10,12,17H,11,13H2,1-4H3,(H,24,25)/t17-/m0/s1. The molecule has 0 radical (unpaired) electrons. The Morgan fingerprint density at radius 3 is 2.61 bits per heavy atom. The number of rotatable bonds is 6. The smallest absolute Gasteiger partial charge is 0.310 e. The fourth-order valence-electron chi connectivity index (χ4n) is 3.08. The van der Waals surface area contributed by atoms with Crippen LogP contribution in [-0.2, 0) is 20.7 Å². The number of esters is 1. The van der Waals surface area contributed by atoms with Gasteiger partial charge in [-0.1, -0.05) is 30.3 Å². The highest BCUT2D eigenvalue weighted by Gasteiger charge is 2.15. The van der Waals surface area contributed by atoms with E-state index in [0.29, 0.717) is 0 Å². The summed E-state index contributed by atoms with van der Waals surface area (Å²) in [5.74, 6) is -0.788. The molecule has 2 aromatic carbocycles. The molecule has 1 amide bonds. The molecule has 0 saturated heterocycles. The molecule has 1 N–H and O–H groups in total. The molecule has 28 heavy (non-hydrogen) atoms. The minimum atomic E-state index is -0.461. The van der Waals surface area contributed by atoms with E-state index >= 15 is 0 Å². The second kappa shape index (κ2) is 8.30. The number of nitrogens with one attached hydrogen (secondary N) is 1. The molecule has 0 fully saturated rings. The van der Waals surface area contributed by atoms with Crippen LogP contribution < -0.4 is 5.32 Å². The van der Waals surface area contributed by atoms with Crippen molar-refractivity contribution in [3.8, 4) is 0 Å². The van der Waals surface area contributed by atoms with E-state index in [-0.39, 0.29) is 25.0 Å². The average Bonchev–Trinajstić information content (AvgIpc) is 3.04. The molecule has 0 bridgehead atoms. The fourth-order valence-corrected chi connectivity index (χ4v) is 3.08. The number of hydrogen-bond donors (Lipinski definition) is 1. The van der Waals surface area contributed by atoms with Gasteiger partial charge in [-0.05, 0) is 56.0 Å². The van der Waals surface area contributed by atoms with Gasteiger partial charge in [-0.15, -0.1) is 0 Å². The first-order chi connectivity index (χ1) is 13.3. The summed E-state index contributed by atoms with van der Waals surface area (Å²) in [4.78, 5) is 24.2. The maximum Gasteiger partial charge on any atom is 0.310 e. The van der Waals surface area contributed by atoms with Gasteiger partial charge in [-0.2, -0.15) is 0 Å². The van der Waals surface area contributed by atoms with Crippen LogP contribution in [0.15, 0.2) is 47.1 Å². The third-order valence-electron chi connectivity index (χ3n) is 4.92. The van der Waals surface area contributed by atoms with Crippen molar-refractivity contribution in [3.63, 3.8) is 0 Å². The summed E-state index contributed by atoms with van der Waals surface area (Å²) in [5.41, 5.74) is 5.98. The molecule has 1 heterocycles. The zero-order valence-electron chi connectivity index (χ0n) is 16.7. The summed E-state index contributed by atoms with van der Waals surface area (Å²) >= 11 is 0. The molecular weight excluding hydrogens is 354 g/mol. The maximum atomic E-state index is 12.1. The van der Waals surface area contributed by atoms with Gasteiger partial charge in [0.2, 0.25) is 0 Å². The van der Waals surface area contributed by atoms with Crippen molar-refractivity contribution in [2.75, 3.05) is 6.61 Å². The third kappa shape index (κ3) is 4.60. The second-order valence-electron chi connectivity index (χ2n) is 7.23. The molecule has 1 atom stereocenters. The van der Waals surface area contributed by atoms with E-state index in [2.05, 4.69) is 11.4 Å². The summed E-state index contributed by atoms with van der Waals surface area (Å²) in [6.45, 7) is 7.67. The van der Waals surface area contributed by atoms with Gasteiger partial charge in [0.25, 0.3) is 5.91 Å². The van der Waals surface area contributed by atoms with Crippen LogP contribution in [0, 0.1) is 20.8 Å². The van der Waals surface area contributed by atoms with Crippen molar-refractivity contribution in [3.05, 3.63) is 70.5 Å². The molecule has 0 aliphatic heterocycles. The zero-order valence-corrected chi connectivity index (χ0v) is 16.7. The van der Waals surface area contributed by atoms with E-state index in [9.17, 15) is 9.59 Å². The van der Waals surface area contributed by atoms with Crippen LogP contribution in [0.1, 0.15) is 40.8 Å². The van der Waals surface area contributed by atoms with Crippen LogP contribution in [0.2, 0.25) is 0 Å². The summed E-state index contributed by atoms with van der Waals surface area (Å²) in [7, 11) is 0. The lowest BCUT2D eigenvalue weighted by Crippen LogP contribution is -2.31. The number of fused-ring (bicyclic) bond motifs is 1. The molecule has 0 saturated carbocycles. The molecule has 1 aromatic heterocycles. The Morgan fingerprint density at radius 1 is 1.07 bits per heavy atom. The minimum absolute atomic E-state index is 0.0655. The number of ether oxygens (including phenoxy) is 1. The van der Waals surface area contributed by atoms with Crippen molar-refractivity contribution in [2.45, 2.75) is 40.2 Å². The van der Waals surface area contributed by atoms with Crippen molar-refractivity contribution >= 4 is 22.8 Å². The molecular formula is C23H25NO4. The topological polar surface area (TPSA) is 68.5 Å². The SMILES string of the molecule is Cc1ccc2c(CC(=O)OCC(=O)N[C@@H](C)c3ccc(C)c(C)c3)coc2c1. The van der Waals surface area contributed by atoms with E-state index in [0.717, 1.165) is 27.7 Å². The van der Waals surface area contributed by atoms with Gasteiger partial charge in [0, 0.05) is 10.9 Å². The molecule has 5 heteroatoms. The van der Waals surface area contributed by atoms with Crippen LogP contribution in [0.5, 0.6) is 0 Å². The van der Waals surface area contributed by atoms with E-state index < -0.39 is 5.97 Å². The summed E-state index contributed by atoms with van der Waals surface area (Å²) in [6.07, 6.45) is 1.63. The van der Waals surface area contributed by atoms with Crippen molar-refractivity contribution < 1.29 is 18.7 Å². The van der Waals surface area contributed by atoms with Gasteiger partial charge >= 0.3 is 5.97 Å². The second-order valence-corrected chi connectivity index (χ2v) is 7.23. The number of furan rings is 1. The normalized spacial score (nSPS) is 12.0. The van der Waals surface area contributed by atoms with Crippen LogP contribution in [-0.4, -0.2) is 18.5 Å². The van der Waals surface area contributed by atoms with E-state index in [1.807, 2.05) is 58.0 Å². The molecule has 5 nitrogen and oxygen atoms in total. The number of amides is 1. The van der Waals surface area contributed by atoms with E-state index in [1.54, 1.807) is 6.26 Å². The molecule has 0 unspecified atom stereocenters. The van der Waals surface area contributed by atoms with Crippen LogP contribution >= 0.6 is 0 Å². The Kier molecular flexibility index (Phi) is 5.83. The highest BCUT2D eigenvalue weighted by Crippen LogP contribution is 2.23. The molecule has 3 aromatic rings. The van der Waals surface area contributed by atoms with Gasteiger partial charge in [-0.3, -0.25) is 9.59 Å². The third-order valence-corrected chi connectivity index (χ3v) is 4.92. The van der Waals surface area contributed by atoms with Crippen LogP contribution in [0.3, 0.4) is 0 Å². The van der Waals surface area contributed by atoms with E-state index in [1.165, 1.54) is 11.1 Å². The predicted octanol–water partition coefficient (Wildman–Crippen LogP) is 4.32. The average molecular weight is 379 g/mol. The Hall–Kier alpha value is -3.08. The summed E-state index contributed by atoms with van der Waals surface area (Å²) < 4.78 is 10.6. The summed E-state index contributed by atoms with van der Waals surface area (Å²) in [6, 6.07) is 11.7. The molecule has 0 aliphatic carbocycles. The van der Waals surface area contributed by atoms with Gasteiger partial charge in [0.1, 0.15) is 5.58 Å². The number of hydrogen-bond acceptors (Lipinski definition) is 4. The first-order valence-corrected chi connectivity index (χ1v) is 9.32. The van der Waals surface area contributed by atoms with Crippen molar-refractivity contribution in [1.29, 1.82) is 0 Å². The minimum Gasteiger partial charge on any atom is -0.464 e. The maximum absolute atomic E-state index is 12.1. The lowest BCUT2D eigenvalue weighted by Gasteiger charge is -2.15. The van der Waals surface area contributed by atoms with Gasteiger partial charge < -0.3 is 14.5 Å². The first-order valence-electron chi connectivity index (χ1n) is 9.32. The number of carbonyl (C=O) groups is 2. The van der Waals surface area contributed by atoms with Crippen molar-refractivity contribution in [1.82, 2.24) is 5.32 Å². The predicted molar refractivity (Wildman–Crippen MR) is 108 cm³/mol. The fraction of sp³-hybridized carbons (Fsp3) is 0.304. The molecule has 0 aliphatic rings. The number of aryl methyl sites for hydroxylation is 3. The molecule has 0 spiro atoms. The Balaban J connectivity index is 1.52. The number of carbonyl (C=O) groups excluding carboxylic acids is 2. The Bertz CT molecular complexity index is 1020. The zero-order chi connectivity index (χ0) is 20.3. The molecule has 3 rings (SSSR count). The first kappa shape index (κ1) is 19.7. The molecule has 146 valence electrons. The van der Waals surface area contributed by atoms with Gasteiger partial charge in [-0.25, -0.2) is 0 Å². The van der Waals surface area contributed by atoms with E-state index in [4.69, 9.17) is 9.15 Å². The quantitative estimate of drug-likeness (QED) is 0.648. The van der Waals surface area contributed by atoms with Gasteiger partial charge in [0.05, 0.1) is 18.7 Å². The van der Waals surface area contributed by atoms with Crippen molar-refractivity contribution in [2.24, 2.45) is 0 Å². The Labute approximate surface area is 164 Å². The van der Waals surface area contributed by atoms with Gasteiger partial charge in [0.15, 0.2) is 6.61 Å². The largest absolute Gasteiger partial charge is 0.464 e. The lowest BCUT2D eigenvalue weighted by molar-refractivity contribution is -0.148. The monoisotopic (exact) mass is 379 g/mol. The highest BCUT2D eigenvalue weighted by atomic mass is 16.5. The van der Waals surface area contributed by atoms with Crippen LogP contribution in [0.4, 0.5) is 0 Å².